The minimum atomic E-state index is -0.446. The highest BCUT2D eigenvalue weighted by Crippen LogP contribution is 2.24. The van der Waals surface area contributed by atoms with Gasteiger partial charge in [-0.1, -0.05) is 35.7 Å². The van der Waals surface area contributed by atoms with Gasteiger partial charge in [0.25, 0.3) is 5.91 Å². The maximum absolute atomic E-state index is 13.9. The molecule has 1 aliphatic heterocycles. The zero-order chi connectivity index (χ0) is 14.5. The molecule has 20 heavy (non-hydrogen) atoms. The maximum Gasteiger partial charge on any atom is 0.256 e. The number of rotatable bonds is 3. The summed E-state index contributed by atoms with van der Waals surface area (Å²) in [4.78, 5) is 14.2. The molecule has 1 unspecified atom stereocenters. The van der Waals surface area contributed by atoms with Gasteiger partial charge in [0.2, 0.25) is 0 Å². The molecule has 0 aromatic heterocycles. The summed E-state index contributed by atoms with van der Waals surface area (Å²) >= 11 is 3.21. The summed E-state index contributed by atoms with van der Waals surface area (Å²) in [5.41, 5.74) is 0.183. The fourth-order valence-corrected chi connectivity index (χ4v) is 3.23. The Morgan fingerprint density at radius 2 is 2.20 bits per heavy atom. The van der Waals surface area contributed by atoms with Crippen molar-refractivity contribution in [3.05, 3.63) is 34.1 Å². The van der Waals surface area contributed by atoms with Crippen molar-refractivity contribution in [3.8, 4) is 0 Å². The molecule has 0 radical (unpaired) electrons. The van der Waals surface area contributed by atoms with E-state index in [1.165, 1.54) is 25.3 Å². The third-order valence-electron chi connectivity index (χ3n) is 3.99. The van der Waals surface area contributed by atoms with Crippen LogP contribution in [0.3, 0.4) is 0 Å². The Balaban J connectivity index is 2.05. The van der Waals surface area contributed by atoms with Crippen molar-refractivity contribution in [3.63, 3.8) is 0 Å². The van der Waals surface area contributed by atoms with Crippen LogP contribution >= 0.6 is 15.9 Å². The first-order chi connectivity index (χ1) is 9.61. The van der Waals surface area contributed by atoms with E-state index in [2.05, 4.69) is 22.9 Å². The lowest BCUT2D eigenvalue weighted by Gasteiger charge is -2.21. The fourth-order valence-electron chi connectivity index (χ4n) is 2.90. The Kier molecular flexibility index (Phi) is 5.58. The summed E-state index contributed by atoms with van der Waals surface area (Å²) < 4.78 is 14.5. The number of likely N-dealkylation sites (tertiary alicyclic amines) is 1. The highest BCUT2D eigenvalue weighted by Gasteiger charge is 2.23. The number of amides is 1. The topological polar surface area (TPSA) is 20.3 Å². The lowest BCUT2D eigenvalue weighted by molar-refractivity contribution is 0.0755. The van der Waals surface area contributed by atoms with Gasteiger partial charge in [-0.25, -0.2) is 4.39 Å². The first-order valence-electron chi connectivity index (χ1n) is 7.36. The zero-order valence-corrected chi connectivity index (χ0v) is 13.5. The van der Waals surface area contributed by atoms with Crippen LogP contribution in [0.5, 0.6) is 0 Å². The van der Waals surface area contributed by atoms with Crippen LogP contribution in [0.15, 0.2) is 22.7 Å². The minimum absolute atomic E-state index is 0.174. The van der Waals surface area contributed by atoms with E-state index in [4.69, 9.17) is 0 Å². The van der Waals surface area contributed by atoms with Gasteiger partial charge >= 0.3 is 0 Å². The van der Waals surface area contributed by atoms with Crippen LogP contribution in [0.25, 0.3) is 0 Å². The number of benzene rings is 1. The first-order valence-corrected chi connectivity index (χ1v) is 8.15. The maximum atomic E-state index is 13.9. The summed E-state index contributed by atoms with van der Waals surface area (Å²) in [5, 5.41) is 0. The van der Waals surface area contributed by atoms with E-state index in [-0.39, 0.29) is 11.5 Å². The predicted molar refractivity (Wildman–Crippen MR) is 82.3 cm³/mol. The summed E-state index contributed by atoms with van der Waals surface area (Å²) in [6, 6.07) is 4.63. The number of hydrogen-bond acceptors (Lipinski definition) is 1. The molecule has 1 atom stereocenters. The smallest absolute Gasteiger partial charge is 0.256 e. The SMILES string of the molecule is CCCC1CCCN(C(=O)c2ccc(Br)cc2F)CC1. The summed E-state index contributed by atoms with van der Waals surface area (Å²) in [7, 11) is 0. The molecule has 0 N–H and O–H groups in total. The number of carbonyl (C=O) groups is 1. The van der Waals surface area contributed by atoms with E-state index in [0.717, 1.165) is 25.9 Å². The van der Waals surface area contributed by atoms with E-state index in [1.54, 1.807) is 12.1 Å². The van der Waals surface area contributed by atoms with Gasteiger partial charge in [-0.05, 0) is 43.4 Å². The lowest BCUT2D eigenvalue weighted by atomic mass is 9.96. The van der Waals surface area contributed by atoms with Gasteiger partial charge < -0.3 is 4.90 Å². The van der Waals surface area contributed by atoms with E-state index in [0.29, 0.717) is 10.4 Å². The van der Waals surface area contributed by atoms with Crippen molar-refractivity contribution < 1.29 is 9.18 Å². The largest absolute Gasteiger partial charge is 0.339 e. The molecule has 1 saturated heterocycles. The van der Waals surface area contributed by atoms with Crippen LogP contribution in [0.4, 0.5) is 4.39 Å². The molecule has 0 aliphatic carbocycles. The van der Waals surface area contributed by atoms with Crippen LogP contribution in [0.1, 0.15) is 49.4 Å². The molecular weight excluding hydrogens is 321 g/mol. The number of nitrogens with zero attached hydrogens (tertiary/aromatic N) is 1. The molecule has 0 saturated carbocycles. The molecule has 1 fully saturated rings. The van der Waals surface area contributed by atoms with E-state index >= 15 is 0 Å². The fraction of sp³-hybridized carbons (Fsp3) is 0.562. The van der Waals surface area contributed by atoms with Crippen molar-refractivity contribution in [2.75, 3.05) is 13.1 Å². The summed E-state index contributed by atoms with van der Waals surface area (Å²) in [6.07, 6.45) is 5.67. The van der Waals surface area contributed by atoms with Gasteiger partial charge in [0.05, 0.1) is 5.56 Å². The molecule has 0 bridgehead atoms. The summed E-state index contributed by atoms with van der Waals surface area (Å²) in [6.45, 7) is 3.69. The molecule has 1 aliphatic rings. The van der Waals surface area contributed by atoms with Crippen LogP contribution < -0.4 is 0 Å². The highest BCUT2D eigenvalue weighted by atomic mass is 79.9. The number of carbonyl (C=O) groups excluding carboxylic acids is 1. The lowest BCUT2D eigenvalue weighted by Crippen LogP contribution is -2.32. The molecule has 1 heterocycles. The van der Waals surface area contributed by atoms with Gasteiger partial charge in [0, 0.05) is 17.6 Å². The van der Waals surface area contributed by atoms with Crippen molar-refractivity contribution in [2.24, 2.45) is 5.92 Å². The Morgan fingerprint density at radius 1 is 1.40 bits per heavy atom. The Bertz CT molecular complexity index is 478. The highest BCUT2D eigenvalue weighted by molar-refractivity contribution is 9.10. The summed E-state index contributed by atoms with van der Waals surface area (Å²) in [5.74, 6) is 0.0958. The molecular formula is C16H21BrFNO. The average molecular weight is 342 g/mol. The second-order valence-corrected chi connectivity index (χ2v) is 6.42. The zero-order valence-electron chi connectivity index (χ0n) is 11.9. The average Bonchev–Trinajstić information content (AvgIpc) is 2.64. The second-order valence-electron chi connectivity index (χ2n) is 5.50. The molecule has 1 amide bonds. The predicted octanol–water partition coefficient (Wildman–Crippen LogP) is 4.63. The Morgan fingerprint density at radius 3 is 2.90 bits per heavy atom. The molecule has 2 rings (SSSR count). The van der Waals surface area contributed by atoms with E-state index in [1.807, 2.05) is 4.90 Å². The van der Waals surface area contributed by atoms with Gasteiger partial charge in [0.15, 0.2) is 0 Å². The molecule has 2 nitrogen and oxygen atoms in total. The van der Waals surface area contributed by atoms with Gasteiger partial charge in [-0.15, -0.1) is 0 Å². The first kappa shape index (κ1) is 15.5. The van der Waals surface area contributed by atoms with E-state index < -0.39 is 5.82 Å². The van der Waals surface area contributed by atoms with Crippen molar-refractivity contribution in [1.82, 2.24) is 4.90 Å². The molecule has 4 heteroatoms. The second kappa shape index (κ2) is 7.21. The molecule has 110 valence electrons. The Labute approximate surface area is 128 Å². The van der Waals surface area contributed by atoms with Gasteiger partial charge in [0.1, 0.15) is 5.82 Å². The molecule has 1 aromatic carbocycles. The minimum Gasteiger partial charge on any atom is -0.339 e. The molecule has 1 aromatic rings. The number of halogens is 2. The monoisotopic (exact) mass is 341 g/mol. The van der Waals surface area contributed by atoms with Gasteiger partial charge in [-0.3, -0.25) is 4.79 Å². The van der Waals surface area contributed by atoms with E-state index in [9.17, 15) is 9.18 Å². The number of hydrogen-bond donors (Lipinski definition) is 0. The van der Waals surface area contributed by atoms with Crippen LogP contribution in [-0.4, -0.2) is 23.9 Å². The van der Waals surface area contributed by atoms with Gasteiger partial charge in [-0.2, -0.15) is 0 Å². The van der Waals surface area contributed by atoms with Crippen molar-refractivity contribution >= 4 is 21.8 Å². The Hall–Kier alpha value is -0.900. The molecule has 0 spiro atoms. The van der Waals surface area contributed by atoms with Crippen molar-refractivity contribution in [1.29, 1.82) is 0 Å². The van der Waals surface area contributed by atoms with Crippen molar-refractivity contribution in [2.45, 2.75) is 39.0 Å². The standard InChI is InChI=1S/C16H21BrFNO/c1-2-4-12-5-3-9-19(10-8-12)16(20)14-7-6-13(17)11-15(14)18/h6-7,11-12H,2-5,8-10H2,1H3. The van der Waals surface area contributed by atoms with Crippen LogP contribution in [-0.2, 0) is 0 Å². The normalized spacial score (nSPS) is 19.8. The third-order valence-corrected chi connectivity index (χ3v) is 4.49. The van der Waals surface area contributed by atoms with Crippen LogP contribution in [0.2, 0.25) is 0 Å². The van der Waals surface area contributed by atoms with Crippen LogP contribution in [0, 0.1) is 11.7 Å². The quantitative estimate of drug-likeness (QED) is 0.784. The third kappa shape index (κ3) is 3.81.